The summed E-state index contributed by atoms with van der Waals surface area (Å²) in [6.07, 6.45) is 10.1. The van der Waals surface area contributed by atoms with Crippen molar-refractivity contribution in [1.82, 2.24) is 10.3 Å². The van der Waals surface area contributed by atoms with Crippen LogP contribution in [0.3, 0.4) is 0 Å². The van der Waals surface area contributed by atoms with Gasteiger partial charge in [-0.3, -0.25) is 9.78 Å². The Bertz CT molecular complexity index is 540. The van der Waals surface area contributed by atoms with Crippen molar-refractivity contribution in [2.45, 2.75) is 45.1 Å². The third-order valence-corrected chi connectivity index (χ3v) is 3.70. The van der Waals surface area contributed by atoms with Gasteiger partial charge in [-0.25, -0.2) is 4.79 Å². The van der Waals surface area contributed by atoms with Gasteiger partial charge in [-0.05, 0) is 51.2 Å². The van der Waals surface area contributed by atoms with E-state index in [4.69, 9.17) is 4.74 Å². The molecule has 1 amide bonds. The minimum atomic E-state index is -0.805. The maximum Gasteiger partial charge on any atom is 0.339 e. The molecule has 1 atom stereocenters. The van der Waals surface area contributed by atoms with Crippen LogP contribution in [-0.2, 0) is 9.53 Å². The molecule has 118 valence electrons. The SMILES string of the molecule is C[C@H](OC(=O)c1ccncc1)C(=O)NCCC1=CCCCC1. The normalized spacial score (nSPS) is 15.6. The van der Waals surface area contributed by atoms with Crippen LogP contribution in [0.1, 0.15) is 49.4 Å². The molecule has 1 aromatic rings. The van der Waals surface area contributed by atoms with Crippen LogP contribution in [-0.4, -0.2) is 29.5 Å². The van der Waals surface area contributed by atoms with Gasteiger partial charge in [0, 0.05) is 18.9 Å². The number of hydrogen-bond acceptors (Lipinski definition) is 4. The van der Waals surface area contributed by atoms with Crippen molar-refractivity contribution in [2.24, 2.45) is 0 Å². The number of carbonyl (C=O) groups is 2. The molecule has 0 aromatic carbocycles. The van der Waals surface area contributed by atoms with E-state index in [-0.39, 0.29) is 5.91 Å². The molecule has 1 heterocycles. The van der Waals surface area contributed by atoms with Crippen LogP contribution in [0.15, 0.2) is 36.2 Å². The predicted octanol–water partition coefficient (Wildman–Crippen LogP) is 2.63. The number of amides is 1. The van der Waals surface area contributed by atoms with Crippen molar-refractivity contribution in [2.75, 3.05) is 6.54 Å². The zero-order chi connectivity index (χ0) is 15.8. The number of carbonyl (C=O) groups excluding carboxylic acids is 2. The van der Waals surface area contributed by atoms with Crippen molar-refractivity contribution in [3.8, 4) is 0 Å². The highest BCUT2D eigenvalue weighted by atomic mass is 16.5. The fraction of sp³-hybridized carbons (Fsp3) is 0.471. The molecule has 1 aliphatic rings. The molecule has 22 heavy (non-hydrogen) atoms. The van der Waals surface area contributed by atoms with Gasteiger partial charge in [0.1, 0.15) is 0 Å². The molecule has 0 spiro atoms. The summed E-state index contributed by atoms with van der Waals surface area (Å²) in [6, 6.07) is 3.12. The summed E-state index contributed by atoms with van der Waals surface area (Å²) in [5.74, 6) is -0.779. The number of nitrogens with one attached hydrogen (secondary N) is 1. The Kier molecular flexibility index (Phi) is 6.13. The summed E-state index contributed by atoms with van der Waals surface area (Å²) in [7, 11) is 0. The highest BCUT2D eigenvalue weighted by Gasteiger charge is 2.18. The highest BCUT2D eigenvalue weighted by Crippen LogP contribution is 2.19. The van der Waals surface area contributed by atoms with Gasteiger partial charge >= 0.3 is 5.97 Å². The van der Waals surface area contributed by atoms with Crippen molar-refractivity contribution in [1.29, 1.82) is 0 Å². The molecule has 0 fully saturated rings. The molecule has 0 saturated carbocycles. The van der Waals surface area contributed by atoms with E-state index in [9.17, 15) is 9.59 Å². The number of aromatic nitrogens is 1. The predicted molar refractivity (Wildman–Crippen MR) is 83.3 cm³/mol. The van der Waals surface area contributed by atoms with Gasteiger partial charge in [0.25, 0.3) is 5.91 Å². The number of allylic oxidation sites excluding steroid dienone is 1. The fourth-order valence-electron chi connectivity index (χ4n) is 2.39. The summed E-state index contributed by atoms with van der Waals surface area (Å²) < 4.78 is 5.15. The molecule has 2 rings (SSSR count). The van der Waals surface area contributed by atoms with Crippen LogP contribution in [0, 0.1) is 0 Å². The minimum Gasteiger partial charge on any atom is -0.449 e. The summed E-state index contributed by atoms with van der Waals surface area (Å²) in [6.45, 7) is 2.16. The van der Waals surface area contributed by atoms with Gasteiger partial charge in [-0.2, -0.15) is 0 Å². The van der Waals surface area contributed by atoms with E-state index in [0.717, 1.165) is 19.3 Å². The Morgan fingerprint density at radius 2 is 2.09 bits per heavy atom. The standard InChI is InChI=1S/C17H22N2O3/c1-13(22-17(21)15-8-10-18-11-9-15)16(20)19-12-7-14-5-3-2-4-6-14/h5,8-11,13H,2-4,6-7,12H2,1H3,(H,19,20)/t13-/m0/s1. The third-order valence-electron chi connectivity index (χ3n) is 3.70. The third kappa shape index (κ3) is 4.98. The first kappa shape index (κ1) is 16.2. The molecule has 5 nitrogen and oxygen atoms in total. The van der Waals surface area contributed by atoms with E-state index >= 15 is 0 Å². The van der Waals surface area contributed by atoms with Crippen LogP contribution < -0.4 is 5.32 Å². The Morgan fingerprint density at radius 3 is 2.77 bits per heavy atom. The lowest BCUT2D eigenvalue weighted by Gasteiger charge is -2.15. The number of hydrogen-bond donors (Lipinski definition) is 1. The van der Waals surface area contributed by atoms with Gasteiger partial charge in [0.15, 0.2) is 6.10 Å². The summed E-state index contributed by atoms with van der Waals surface area (Å²) in [5, 5.41) is 2.82. The maximum absolute atomic E-state index is 11.9. The maximum atomic E-state index is 11.9. The van der Waals surface area contributed by atoms with Crippen LogP contribution in [0.25, 0.3) is 0 Å². The van der Waals surface area contributed by atoms with Gasteiger partial charge < -0.3 is 10.1 Å². The molecule has 1 aromatic heterocycles. The highest BCUT2D eigenvalue weighted by molar-refractivity contribution is 5.92. The Labute approximate surface area is 130 Å². The zero-order valence-electron chi connectivity index (χ0n) is 12.9. The van der Waals surface area contributed by atoms with Crippen LogP contribution in [0.2, 0.25) is 0 Å². The number of nitrogens with zero attached hydrogens (tertiary/aromatic N) is 1. The first-order valence-corrected chi connectivity index (χ1v) is 7.73. The monoisotopic (exact) mass is 302 g/mol. The van der Waals surface area contributed by atoms with E-state index in [2.05, 4.69) is 16.4 Å². The van der Waals surface area contributed by atoms with Crippen LogP contribution >= 0.6 is 0 Å². The van der Waals surface area contributed by atoms with Gasteiger partial charge in [-0.1, -0.05) is 11.6 Å². The quantitative estimate of drug-likeness (QED) is 0.648. The number of esters is 1. The molecule has 0 bridgehead atoms. The van der Waals surface area contributed by atoms with E-state index in [1.165, 1.54) is 30.8 Å². The fourth-order valence-corrected chi connectivity index (χ4v) is 2.39. The van der Waals surface area contributed by atoms with Crippen molar-refractivity contribution in [3.05, 3.63) is 41.7 Å². The molecular weight excluding hydrogens is 280 g/mol. The summed E-state index contributed by atoms with van der Waals surface area (Å²) >= 11 is 0. The topological polar surface area (TPSA) is 68.3 Å². The largest absolute Gasteiger partial charge is 0.449 e. The second kappa shape index (κ2) is 8.32. The summed E-state index contributed by atoms with van der Waals surface area (Å²) in [4.78, 5) is 27.6. The first-order valence-electron chi connectivity index (χ1n) is 7.73. The average Bonchev–Trinajstić information content (AvgIpc) is 2.56. The Hall–Kier alpha value is -2.17. The molecule has 1 aliphatic carbocycles. The Balaban J connectivity index is 1.72. The van der Waals surface area contributed by atoms with Gasteiger partial charge in [0.2, 0.25) is 0 Å². The van der Waals surface area contributed by atoms with E-state index in [0.29, 0.717) is 12.1 Å². The number of pyridine rings is 1. The number of ether oxygens (including phenoxy) is 1. The molecule has 5 heteroatoms. The van der Waals surface area contributed by atoms with Crippen molar-refractivity contribution in [3.63, 3.8) is 0 Å². The van der Waals surface area contributed by atoms with Gasteiger partial charge in [-0.15, -0.1) is 0 Å². The minimum absolute atomic E-state index is 0.265. The number of rotatable bonds is 6. The van der Waals surface area contributed by atoms with E-state index in [1.54, 1.807) is 19.1 Å². The molecule has 0 unspecified atom stereocenters. The molecule has 0 aliphatic heterocycles. The lowest BCUT2D eigenvalue weighted by molar-refractivity contribution is -0.129. The lowest BCUT2D eigenvalue weighted by atomic mass is 9.97. The molecular formula is C17H22N2O3. The lowest BCUT2D eigenvalue weighted by Crippen LogP contribution is -2.36. The molecule has 0 saturated heterocycles. The summed E-state index contributed by atoms with van der Waals surface area (Å²) in [5.41, 5.74) is 1.80. The second-order valence-corrected chi connectivity index (χ2v) is 5.43. The smallest absolute Gasteiger partial charge is 0.339 e. The molecule has 0 radical (unpaired) electrons. The van der Waals surface area contributed by atoms with Crippen LogP contribution in [0.4, 0.5) is 0 Å². The first-order chi connectivity index (χ1) is 10.7. The van der Waals surface area contributed by atoms with Gasteiger partial charge in [0.05, 0.1) is 5.56 Å². The van der Waals surface area contributed by atoms with Crippen LogP contribution in [0.5, 0.6) is 0 Å². The average molecular weight is 302 g/mol. The Morgan fingerprint density at radius 1 is 1.32 bits per heavy atom. The van der Waals surface area contributed by atoms with Crippen molar-refractivity contribution < 1.29 is 14.3 Å². The van der Waals surface area contributed by atoms with Crippen molar-refractivity contribution >= 4 is 11.9 Å². The van der Waals surface area contributed by atoms with E-state index < -0.39 is 12.1 Å². The molecule has 1 N–H and O–H groups in total. The second-order valence-electron chi connectivity index (χ2n) is 5.43. The van der Waals surface area contributed by atoms with E-state index in [1.807, 2.05) is 0 Å². The zero-order valence-corrected chi connectivity index (χ0v) is 12.9.